The van der Waals surface area contributed by atoms with Gasteiger partial charge in [0.1, 0.15) is 11.2 Å². The highest BCUT2D eigenvalue weighted by Gasteiger charge is 2.41. The van der Waals surface area contributed by atoms with Crippen molar-refractivity contribution in [2.75, 3.05) is 0 Å². The molecule has 1 heterocycles. The molecule has 0 spiro atoms. The van der Waals surface area contributed by atoms with E-state index in [9.17, 15) is 32.1 Å². The Kier molecular flexibility index (Phi) is 3.51. The van der Waals surface area contributed by atoms with Crippen LogP contribution in [0.3, 0.4) is 0 Å². The molecular weight excluding hydrogens is 275 g/mol. The Morgan fingerprint density at radius 1 is 1.41 bits per heavy atom. The van der Waals surface area contributed by atoms with Crippen molar-refractivity contribution in [2.24, 2.45) is 0 Å². The maximum atomic E-state index is 12.4. The van der Waals surface area contributed by atoms with Crippen molar-refractivity contribution in [3.8, 4) is 0 Å². The lowest BCUT2D eigenvalue weighted by atomic mass is 10.1. The average molecular weight is 277 g/mol. The van der Waals surface area contributed by atoms with E-state index in [0.29, 0.717) is 0 Å². The van der Waals surface area contributed by atoms with Crippen LogP contribution >= 0.6 is 11.6 Å². The van der Waals surface area contributed by atoms with Gasteiger partial charge < -0.3 is 0 Å². The second kappa shape index (κ2) is 4.40. The molecule has 0 bridgehead atoms. The minimum atomic E-state index is -5.16. The van der Waals surface area contributed by atoms with Crippen LogP contribution in [-0.2, 0) is 6.18 Å². The number of aromatic nitrogens is 1. The van der Waals surface area contributed by atoms with Crippen molar-refractivity contribution in [1.29, 1.82) is 0 Å². The summed E-state index contributed by atoms with van der Waals surface area (Å²) in [5.41, 5.74) is -4.72. The van der Waals surface area contributed by atoms with Gasteiger partial charge in [0.15, 0.2) is 5.69 Å². The normalized spacial score (nSPS) is 11.9. The Morgan fingerprint density at radius 2 is 1.94 bits per heavy atom. The quantitative estimate of drug-likeness (QED) is 0.471. The third-order valence-electron chi connectivity index (χ3n) is 1.72. The molecule has 0 aliphatic heterocycles. The highest BCUT2D eigenvalue weighted by molar-refractivity contribution is 6.33. The fourth-order valence-electron chi connectivity index (χ4n) is 1.05. The van der Waals surface area contributed by atoms with Gasteiger partial charge in [0, 0.05) is 0 Å². The summed E-state index contributed by atoms with van der Waals surface area (Å²) in [5, 5.41) is 9.06. The number of pyridine rings is 1. The topological polar surface area (TPSA) is 56.0 Å². The summed E-state index contributed by atoms with van der Waals surface area (Å²) in [7, 11) is 0. The van der Waals surface area contributed by atoms with Gasteiger partial charge in [0.25, 0.3) is 6.43 Å². The van der Waals surface area contributed by atoms with Gasteiger partial charge in [-0.3, -0.25) is 10.1 Å². The van der Waals surface area contributed by atoms with E-state index in [1.165, 1.54) is 0 Å². The monoisotopic (exact) mass is 276 g/mol. The Hall–Kier alpha value is -1.51. The molecule has 0 saturated carbocycles. The summed E-state index contributed by atoms with van der Waals surface area (Å²) in [4.78, 5) is 11.7. The SMILES string of the molecule is O=[N+]([O-])c1cnc(C(F)(F)F)c(C(F)F)c1Cl. The minimum absolute atomic E-state index is 0.192. The molecule has 0 saturated heterocycles. The van der Waals surface area contributed by atoms with Crippen LogP contribution in [0.2, 0.25) is 5.02 Å². The maximum absolute atomic E-state index is 12.4. The number of nitro groups is 1. The van der Waals surface area contributed by atoms with E-state index >= 15 is 0 Å². The first-order chi connectivity index (χ1) is 7.66. The maximum Gasteiger partial charge on any atom is 0.433 e. The standard InChI is InChI=1S/C7H2ClF5N2O2/c8-4-2(15(16)17)1-14-5(7(11,12)13)3(4)6(9)10/h1,6H. The molecule has 0 amide bonds. The molecule has 17 heavy (non-hydrogen) atoms. The van der Waals surface area contributed by atoms with Crippen molar-refractivity contribution in [3.05, 3.63) is 32.6 Å². The van der Waals surface area contributed by atoms with E-state index in [4.69, 9.17) is 11.6 Å². The van der Waals surface area contributed by atoms with E-state index < -0.39 is 39.5 Å². The van der Waals surface area contributed by atoms with E-state index in [2.05, 4.69) is 4.98 Å². The molecule has 0 aliphatic carbocycles. The van der Waals surface area contributed by atoms with Crippen LogP contribution in [0.5, 0.6) is 0 Å². The lowest BCUT2D eigenvalue weighted by Crippen LogP contribution is -2.13. The number of nitrogens with zero attached hydrogens (tertiary/aromatic N) is 2. The van der Waals surface area contributed by atoms with Crippen LogP contribution in [0, 0.1) is 10.1 Å². The van der Waals surface area contributed by atoms with Crippen LogP contribution < -0.4 is 0 Å². The predicted octanol–water partition coefficient (Wildman–Crippen LogP) is 3.60. The van der Waals surface area contributed by atoms with Gasteiger partial charge >= 0.3 is 11.9 Å². The molecule has 1 aromatic rings. The van der Waals surface area contributed by atoms with Gasteiger partial charge in [-0.2, -0.15) is 13.2 Å². The Labute approximate surface area is 95.2 Å². The fraction of sp³-hybridized carbons (Fsp3) is 0.286. The van der Waals surface area contributed by atoms with Gasteiger partial charge in [-0.1, -0.05) is 11.6 Å². The molecule has 0 fully saturated rings. The molecule has 1 rings (SSSR count). The van der Waals surface area contributed by atoms with Crippen molar-refractivity contribution < 1.29 is 26.9 Å². The summed E-state index contributed by atoms with van der Waals surface area (Å²) >= 11 is 5.15. The first-order valence-corrected chi connectivity index (χ1v) is 4.22. The highest BCUT2D eigenvalue weighted by atomic mass is 35.5. The number of alkyl halides is 5. The van der Waals surface area contributed by atoms with Crippen molar-refractivity contribution >= 4 is 17.3 Å². The lowest BCUT2D eigenvalue weighted by Gasteiger charge is -2.12. The first-order valence-electron chi connectivity index (χ1n) is 3.84. The summed E-state index contributed by atoms with van der Waals surface area (Å²) in [6, 6.07) is 0. The van der Waals surface area contributed by atoms with Gasteiger partial charge in [-0.15, -0.1) is 0 Å². The number of rotatable bonds is 2. The van der Waals surface area contributed by atoms with E-state index in [-0.39, 0.29) is 6.20 Å². The zero-order valence-electron chi connectivity index (χ0n) is 7.63. The van der Waals surface area contributed by atoms with Gasteiger partial charge in [0.2, 0.25) is 0 Å². The second-order valence-electron chi connectivity index (χ2n) is 2.78. The van der Waals surface area contributed by atoms with Crippen LogP contribution in [0.25, 0.3) is 0 Å². The molecule has 0 N–H and O–H groups in total. The third-order valence-corrected chi connectivity index (χ3v) is 2.11. The predicted molar refractivity (Wildman–Crippen MR) is 45.9 cm³/mol. The van der Waals surface area contributed by atoms with Crippen LogP contribution in [-0.4, -0.2) is 9.91 Å². The van der Waals surface area contributed by atoms with Crippen LogP contribution in [0.1, 0.15) is 17.7 Å². The molecule has 4 nitrogen and oxygen atoms in total. The van der Waals surface area contributed by atoms with E-state index in [1.807, 2.05) is 0 Å². The van der Waals surface area contributed by atoms with Crippen molar-refractivity contribution in [3.63, 3.8) is 0 Å². The molecule has 0 unspecified atom stereocenters. The van der Waals surface area contributed by atoms with Crippen molar-refractivity contribution in [2.45, 2.75) is 12.6 Å². The largest absolute Gasteiger partial charge is 0.433 e. The smallest absolute Gasteiger partial charge is 0.258 e. The number of halogens is 6. The summed E-state index contributed by atoms with van der Waals surface area (Å²) < 4.78 is 61.7. The Balaban J connectivity index is 3.57. The average Bonchev–Trinajstić information content (AvgIpc) is 2.14. The number of hydrogen-bond donors (Lipinski definition) is 0. The van der Waals surface area contributed by atoms with E-state index in [0.717, 1.165) is 0 Å². The summed E-state index contributed by atoms with van der Waals surface area (Å²) in [5.74, 6) is 0. The lowest BCUT2D eigenvalue weighted by molar-refractivity contribution is -0.385. The molecule has 0 radical (unpaired) electrons. The third kappa shape index (κ3) is 2.60. The van der Waals surface area contributed by atoms with Crippen LogP contribution in [0.15, 0.2) is 6.20 Å². The summed E-state index contributed by atoms with van der Waals surface area (Å²) in [6.45, 7) is 0. The molecule has 0 aliphatic rings. The summed E-state index contributed by atoms with van der Waals surface area (Å²) in [6.07, 6.45) is -8.59. The zero-order valence-corrected chi connectivity index (χ0v) is 8.39. The van der Waals surface area contributed by atoms with E-state index in [1.54, 1.807) is 0 Å². The minimum Gasteiger partial charge on any atom is -0.258 e. The second-order valence-corrected chi connectivity index (χ2v) is 3.15. The Morgan fingerprint density at radius 3 is 2.29 bits per heavy atom. The first kappa shape index (κ1) is 13.6. The Bertz CT molecular complexity index is 462. The number of hydrogen-bond acceptors (Lipinski definition) is 3. The van der Waals surface area contributed by atoms with Crippen molar-refractivity contribution in [1.82, 2.24) is 4.98 Å². The van der Waals surface area contributed by atoms with Gasteiger partial charge in [0.05, 0.1) is 10.5 Å². The molecule has 0 atom stereocenters. The van der Waals surface area contributed by atoms with Crippen LogP contribution in [0.4, 0.5) is 27.6 Å². The highest BCUT2D eigenvalue weighted by Crippen LogP contribution is 2.41. The van der Waals surface area contributed by atoms with Gasteiger partial charge in [-0.05, 0) is 0 Å². The molecule has 1 aromatic heterocycles. The fourth-order valence-corrected chi connectivity index (χ4v) is 1.34. The molecule has 94 valence electrons. The molecular formula is C7H2ClF5N2O2. The van der Waals surface area contributed by atoms with Gasteiger partial charge in [-0.25, -0.2) is 13.8 Å². The molecule has 0 aromatic carbocycles. The molecule has 10 heteroatoms. The zero-order chi connectivity index (χ0) is 13.4.